The van der Waals surface area contributed by atoms with E-state index in [9.17, 15) is 0 Å². The van der Waals surface area contributed by atoms with Crippen molar-refractivity contribution in [1.29, 1.82) is 0 Å². The topological polar surface area (TPSA) is 28.7 Å². The van der Waals surface area contributed by atoms with Crippen LogP contribution in [0.2, 0.25) is 5.02 Å². The summed E-state index contributed by atoms with van der Waals surface area (Å²) < 4.78 is 0. The zero-order chi connectivity index (χ0) is 13.5. The van der Waals surface area contributed by atoms with Crippen LogP contribution in [0.25, 0.3) is 11.0 Å². The van der Waals surface area contributed by atoms with Gasteiger partial charge < -0.3 is 4.98 Å². The molecule has 2 nitrogen and oxygen atoms in total. The number of nitrogens with zero attached hydrogens (tertiary/aromatic N) is 1. The number of aromatic nitrogens is 2. The van der Waals surface area contributed by atoms with Crippen molar-refractivity contribution in [2.24, 2.45) is 0 Å². The largest absolute Gasteiger partial charge is 0.341 e. The summed E-state index contributed by atoms with van der Waals surface area (Å²) in [5.41, 5.74) is 2.86. The molecule has 3 rings (SSSR count). The van der Waals surface area contributed by atoms with E-state index in [0.29, 0.717) is 5.02 Å². The molecule has 96 valence electrons. The molecular formula is C16H15ClN2. The molecule has 19 heavy (non-hydrogen) atoms. The lowest BCUT2D eigenvalue weighted by Crippen LogP contribution is -2.20. The highest BCUT2D eigenvalue weighted by molar-refractivity contribution is 6.34. The summed E-state index contributed by atoms with van der Waals surface area (Å²) in [4.78, 5) is 8.05. The van der Waals surface area contributed by atoms with Gasteiger partial charge in [0.25, 0.3) is 0 Å². The van der Waals surface area contributed by atoms with Gasteiger partial charge in [0.2, 0.25) is 0 Å². The van der Waals surface area contributed by atoms with E-state index in [-0.39, 0.29) is 5.41 Å². The quantitative estimate of drug-likeness (QED) is 0.727. The van der Waals surface area contributed by atoms with Gasteiger partial charge in [-0.25, -0.2) is 4.98 Å². The molecule has 0 aliphatic rings. The minimum absolute atomic E-state index is 0.177. The van der Waals surface area contributed by atoms with E-state index in [1.807, 2.05) is 36.4 Å². The number of benzene rings is 2. The molecule has 1 aromatic heterocycles. The van der Waals surface area contributed by atoms with E-state index in [1.54, 1.807) is 0 Å². The molecule has 1 N–H and O–H groups in total. The Labute approximate surface area is 117 Å². The van der Waals surface area contributed by atoms with Crippen molar-refractivity contribution in [1.82, 2.24) is 9.97 Å². The number of para-hydroxylation sites is 1. The number of hydrogen-bond acceptors (Lipinski definition) is 1. The molecular weight excluding hydrogens is 256 g/mol. The second-order valence-electron chi connectivity index (χ2n) is 5.21. The summed E-state index contributed by atoms with van der Waals surface area (Å²) in [5, 5.41) is 0.684. The lowest BCUT2D eigenvalue weighted by atomic mass is 9.84. The molecule has 1 heterocycles. The Morgan fingerprint density at radius 3 is 2.42 bits per heavy atom. The maximum absolute atomic E-state index is 6.18. The SMILES string of the molecule is CC(C)(c1ccccc1)c1nc2c(Cl)cccc2[nH]1. The van der Waals surface area contributed by atoms with E-state index < -0.39 is 0 Å². The number of imidazole rings is 1. The molecule has 0 aliphatic heterocycles. The summed E-state index contributed by atoms with van der Waals surface area (Å²) in [7, 11) is 0. The van der Waals surface area contributed by atoms with Crippen LogP contribution in [-0.4, -0.2) is 9.97 Å². The van der Waals surface area contributed by atoms with Gasteiger partial charge in [-0.2, -0.15) is 0 Å². The molecule has 0 aliphatic carbocycles. The first-order chi connectivity index (χ1) is 9.09. The molecule has 0 unspecified atom stereocenters. The third-order valence-electron chi connectivity index (χ3n) is 3.55. The van der Waals surface area contributed by atoms with E-state index >= 15 is 0 Å². The smallest absolute Gasteiger partial charge is 0.117 e. The average Bonchev–Trinajstić information content (AvgIpc) is 2.86. The van der Waals surface area contributed by atoms with Crippen molar-refractivity contribution in [3.8, 4) is 0 Å². The van der Waals surface area contributed by atoms with E-state index in [0.717, 1.165) is 16.9 Å². The first-order valence-electron chi connectivity index (χ1n) is 6.29. The molecule has 0 amide bonds. The van der Waals surface area contributed by atoms with Gasteiger partial charge in [-0.3, -0.25) is 0 Å². The van der Waals surface area contributed by atoms with Gasteiger partial charge in [-0.05, 0) is 31.5 Å². The highest BCUT2D eigenvalue weighted by Crippen LogP contribution is 2.32. The van der Waals surface area contributed by atoms with Gasteiger partial charge in [0.1, 0.15) is 11.3 Å². The number of nitrogens with one attached hydrogen (secondary N) is 1. The number of fused-ring (bicyclic) bond motifs is 1. The number of rotatable bonds is 2. The van der Waals surface area contributed by atoms with E-state index in [4.69, 9.17) is 11.6 Å². The van der Waals surface area contributed by atoms with Crippen LogP contribution in [0, 0.1) is 0 Å². The fraction of sp³-hybridized carbons (Fsp3) is 0.188. The van der Waals surface area contributed by atoms with Gasteiger partial charge in [0, 0.05) is 5.41 Å². The maximum Gasteiger partial charge on any atom is 0.117 e. The molecule has 2 aromatic carbocycles. The van der Waals surface area contributed by atoms with Crippen molar-refractivity contribution in [3.05, 3.63) is 64.9 Å². The summed E-state index contributed by atoms with van der Waals surface area (Å²) in [5.74, 6) is 0.932. The Balaban J connectivity index is 2.16. The van der Waals surface area contributed by atoms with Crippen LogP contribution in [0.1, 0.15) is 25.2 Å². The summed E-state index contributed by atoms with van der Waals surface area (Å²) in [6.45, 7) is 4.32. The lowest BCUT2D eigenvalue weighted by molar-refractivity contribution is 0.601. The van der Waals surface area contributed by atoms with Gasteiger partial charge in [0.05, 0.1) is 10.5 Å². The van der Waals surface area contributed by atoms with Crippen LogP contribution in [-0.2, 0) is 5.41 Å². The van der Waals surface area contributed by atoms with Crippen molar-refractivity contribution in [2.75, 3.05) is 0 Å². The normalized spacial score (nSPS) is 11.9. The average molecular weight is 271 g/mol. The minimum atomic E-state index is -0.177. The molecule has 0 atom stereocenters. The zero-order valence-electron chi connectivity index (χ0n) is 10.9. The molecule has 0 bridgehead atoms. The monoisotopic (exact) mass is 270 g/mol. The summed E-state index contributed by atoms with van der Waals surface area (Å²) in [6, 6.07) is 16.2. The Kier molecular flexibility index (Phi) is 2.83. The second-order valence-corrected chi connectivity index (χ2v) is 5.62. The Morgan fingerprint density at radius 1 is 1.00 bits per heavy atom. The number of hydrogen-bond donors (Lipinski definition) is 1. The fourth-order valence-electron chi connectivity index (χ4n) is 2.28. The van der Waals surface area contributed by atoms with Crippen LogP contribution in [0.5, 0.6) is 0 Å². The highest BCUT2D eigenvalue weighted by atomic mass is 35.5. The Bertz CT molecular complexity index is 714. The van der Waals surface area contributed by atoms with Crippen LogP contribution in [0.4, 0.5) is 0 Å². The third kappa shape index (κ3) is 2.02. The third-order valence-corrected chi connectivity index (χ3v) is 3.86. The molecule has 3 aromatic rings. The molecule has 3 heteroatoms. The van der Waals surface area contributed by atoms with Gasteiger partial charge in [-0.1, -0.05) is 48.0 Å². The Hall–Kier alpha value is -1.80. The molecule has 0 spiro atoms. The van der Waals surface area contributed by atoms with Crippen LogP contribution in [0.3, 0.4) is 0 Å². The van der Waals surface area contributed by atoms with Gasteiger partial charge in [0.15, 0.2) is 0 Å². The first-order valence-corrected chi connectivity index (χ1v) is 6.67. The van der Waals surface area contributed by atoms with Crippen LogP contribution < -0.4 is 0 Å². The van der Waals surface area contributed by atoms with E-state index in [2.05, 4.69) is 35.9 Å². The van der Waals surface area contributed by atoms with Crippen LogP contribution >= 0.6 is 11.6 Å². The standard InChI is InChI=1S/C16H15ClN2/c1-16(2,11-7-4-3-5-8-11)15-18-13-10-6-9-12(17)14(13)19-15/h3-10H,1-2H3,(H,18,19). The van der Waals surface area contributed by atoms with Crippen molar-refractivity contribution >= 4 is 22.6 Å². The molecule has 0 fully saturated rings. The predicted octanol–water partition coefficient (Wildman–Crippen LogP) is 4.54. The first kappa shape index (κ1) is 12.2. The maximum atomic E-state index is 6.18. The van der Waals surface area contributed by atoms with Gasteiger partial charge in [-0.15, -0.1) is 0 Å². The number of H-pyrrole nitrogens is 1. The van der Waals surface area contributed by atoms with Gasteiger partial charge >= 0.3 is 0 Å². The van der Waals surface area contributed by atoms with E-state index in [1.165, 1.54) is 5.56 Å². The van der Waals surface area contributed by atoms with Crippen LogP contribution in [0.15, 0.2) is 48.5 Å². The van der Waals surface area contributed by atoms with Crippen molar-refractivity contribution in [3.63, 3.8) is 0 Å². The van der Waals surface area contributed by atoms with Crippen molar-refractivity contribution in [2.45, 2.75) is 19.3 Å². The predicted molar refractivity (Wildman–Crippen MR) is 79.7 cm³/mol. The fourth-order valence-corrected chi connectivity index (χ4v) is 2.50. The number of halogens is 1. The molecule has 0 radical (unpaired) electrons. The van der Waals surface area contributed by atoms with Crippen molar-refractivity contribution < 1.29 is 0 Å². The molecule has 0 saturated heterocycles. The molecule has 0 saturated carbocycles. The number of aromatic amines is 1. The minimum Gasteiger partial charge on any atom is -0.341 e. The highest BCUT2D eigenvalue weighted by Gasteiger charge is 2.26. The summed E-state index contributed by atoms with van der Waals surface area (Å²) >= 11 is 6.18. The Morgan fingerprint density at radius 2 is 1.74 bits per heavy atom. The lowest BCUT2D eigenvalue weighted by Gasteiger charge is -2.22. The zero-order valence-corrected chi connectivity index (χ0v) is 11.7. The summed E-state index contributed by atoms with van der Waals surface area (Å²) in [6.07, 6.45) is 0. The second kappa shape index (κ2) is 4.39.